The summed E-state index contributed by atoms with van der Waals surface area (Å²) in [5, 5.41) is 1.16. The Morgan fingerprint density at radius 1 is 1.62 bits per heavy atom. The van der Waals surface area contributed by atoms with Gasteiger partial charge in [0, 0.05) is 0 Å². The summed E-state index contributed by atoms with van der Waals surface area (Å²) >= 11 is 0. The van der Waals surface area contributed by atoms with Gasteiger partial charge in [-0.2, -0.15) is 5.06 Å². The minimum absolute atomic E-state index is 0.104. The molecular weight excluding hydrogens is 172 g/mol. The highest BCUT2D eigenvalue weighted by Gasteiger charge is 2.29. The molecule has 5 heteroatoms. The molecule has 76 valence electrons. The van der Waals surface area contributed by atoms with Crippen molar-refractivity contribution in [2.45, 2.75) is 32.4 Å². The fourth-order valence-corrected chi connectivity index (χ4v) is 0.944. The fraction of sp³-hybridized carbons (Fsp3) is 0.875. The lowest BCUT2D eigenvalue weighted by atomic mass is 10.2. The zero-order valence-electron chi connectivity index (χ0n) is 8.24. The molecule has 1 heterocycles. The van der Waals surface area contributed by atoms with Crippen molar-refractivity contribution in [2.75, 3.05) is 13.2 Å². The molecule has 0 aromatic rings. The van der Waals surface area contributed by atoms with Crippen LogP contribution in [-0.4, -0.2) is 36.0 Å². The van der Waals surface area contributed by atoms with Crippen LogP contribution in [0.1, 0.15) is 20.8 Å². The summed E-state index contributed by atoms with van der Waals surface area (Å²) < 4.78 is 5.08. The number of hydrogen-bond donors (Lipinski definition) is 1. The molecule has 13 heavy (non-hydrogen) atoms. The molecule has 0 aromatic heterocycles. The minimum Gasteiger partial charge on any atom is -0.442 e. The molecule has 1 aliphatic rings. The number of carbonyl (C=O) groups excluding carboxylic acids is 1. The molecule has 0 bridgehead atoms. The summed E-state index contributed by atoms with van der Waals surface area (Å²) in [5.41, 5.74) is 5.06. The van der Waals surface area contributed by atoms with Crippen molar-refractivity contribution in [1.82, 2.24) is 5.06 Å². The van der Waals surface area contributed by atoms with Crippen molar-refractivity contribution >= 4 is 6.09 Å². The number of carbonyl (C=O) groups is 1. The lowest BCUT2D eigenvalue weighted by Gasteiger charge is -2.23. The van der Waals surface area contributed by atoms with E-state index in [9.17, 15) is 4.79 Å². The number of nitrogens with two attached hydrogens (primary N) is 1. The SMILES string of the molecule is CC(C)(C)OC(=O)N1C[C@H](N)CO1. The first-order valence-corrected chi connectivity index (χ1v) is 4.27. The Hall–Kier alpha value is -0.810. The number of hydroxylamine groups is 2. The van der Waals surface area contributed by atoms with Gasteiger partial charge in [0.05, 0.1) is 19.2 Å². The first-order chi connectivity index (χ1) is 5.88. The van der Waals surface area contributed by atoms with Gasteiger partial charge < -0.3 is 10.5 Å². The lowest BCUT2D eigenvalue weighted by molar-refractivity contribution is -0.107. The van der Waals surface area contributed by atoms with E-state index in [-0.39, 0.29) is 6.04 Å². The highest BCUT2D eigenvalue weighted by atomic mass is 16.7. The van der Waals surface area contributed by atoms with E-state index in [1.165, 1.54) is 0 Å². The molecule has 5 nitrogen and oxygen atoms in total. The Kier molecular flexibility index (Phi) is 2.77. The summed E-state index contributed by atoms with van der Waals surface area (Å²) in [6, 6.07) is -0.104. The molecule has 1 amide bonds. The average molecular weight is 188 g/mol. The smallest absolute Gasteiger partial charge is 0.434 e. The Labute approximate surface area is 77.7 Å². The van der Waals surface area contributed by atoms with Gasteiger partial charge in [-0.05, 0) is 20.8 Å². The van der Waals surface area contributed by atoms with Crippen LogP contribution in [0.3, 0.4) is 0 Å². The van der Waals surface area contributed by atoms with Gasteiger partial charge >= 0.3 is 6.09 Å². The van der Waals surface area contributed by atoms with Crippen LogP contribution in [0.2, 0.25) is 0 Å². The van der Waals surface area contributed by atoms with Crippen molar-refractivity contribution in [2.24, 2.45) is 5.73 Å². The molecule has 1 saturated heterocycles. The molecule has 0 aliphatic carbocycles. The molecule has 0 spiro atoms. The van der Waals surface area contributed by atoms with Crippen molar-refractivity contribution in [1.29, 1.82) is 0 Å². The van der Waals surface area contributed by atoms with E-state index in [1.54, 1.807) is 20.8 Å². The molecule has 1 fully saturated rings. The normalized spacial score (nSPS) is 23.4. The van der Waals surface area contributed by atoms with Crippen LogP contribution in [-0.2, 0) is 9.57 Å². The maximum atomic E-state index is 11.3. The maximum Gasteiger partial charge on any atom is 0.434 e. The van der Waals surface area contributed by atoms with Gasteiger partial charge in [0.2, 0.25) is 0 Å². The Morgan fingerprint density at radius 3 is 2.62 bits per heavy atom. The number of nitrogens with zero attached hydrogens (tertiary/aromatic N) is 1. The Balaban J connectivity index is 2.41. The van der Waals surface area contributed by atoms with E-state index in [0.29, 0.717) is 13.2 Å². The summed E-state index contributed by atoms with van der Waals surface area (Å²) in [4.78, 5) is 16.3. The summed E-state index contributed by atoms with van der Waals surface area (Å²) in [5.74, 6) is 0. The van der Waals surface area contributed by atoms with E-state index in [0.717, 1.165) is 5.06 Å². The topological polar surface area (TPSA) is 64.8 Å². The highest BCUT2D eigenvalue weighted by Crippen LogP contribution is 2.12. The average Bonchev–Trinajstić information content (AvgIpc) is 2.31. The fourth-order valence-electron chi connectivity index (χ4n) is 0.944. The predicted molar refractivity (Wildman–Crippen MR) is 46.9 cm³/mol. The van der Waals surface area contributed by atoms with Gasteiger partial charge in [-0.25, -0.2) is 4.79 Å². The second-order valence-corrected chi connectivity index (χ2v) is 4.10. The van der Waals surface area contributed by atoms with Gasteiger partial charge in [-0.15, -0.1) is 0 Å². The minimum atomic E-state index is -0.493. The van der Waals surface area contributed by atoms with Gasteiger partial charge in [0.25, 0.3) is 0 Å². The maximum absolute atomic E-state index is 11.3. The Bertz CT molecular complexity index is 200. The largest absolute Gasteiger partial charge is 0.442 e. The van der Waals surface area contributed by atoms with Crippen LogP contribution < -0.4 is 5.73 Å². The third-order valence-electron chi connectivity index (χ3n) is 1.44. The van der Waals surface area contributed by atoms with Gasteiger partial charge in [0.1, 0.15) is 5.60 Å². The van der Waals surface area contributed by atoms with Crippen LogP contribution in [0.15, 0.2) is 0 Å². The first kappa shape index (κ1) is 10.3. The van der Waals surface area contributed by atoms with Crippen LogP contribution in [0.5, 0.6) is 0 Å². The molecular formula is C8H16N2O3. The second kappa shape index (κ2) is 3.51. The van der Waals surface area contributed by atoms with E-state index in [4.69, 9.17) is 15.3 Å². The van der Waals surface area contributed by atoms with Crippen molar-refractivity contribution in [3.05, 3.63) is 0 Å². The van der Waals surface area contributed by atoms with E-state index >= 15 is 0 Å². The zero-order chi connectivity index (χ0) is 10.1. The quantitative estimate of drug-likeness (QED) is 0.601. The number of hydrogen-bond acceptors (Lipinski definition) is 4. The molecule has 1 aliphatic heterocycles. The third kappa shape index (κ3) is 3.20. The lowest BCUT2D eigenvalue weighted by Crippen LogP contribution is -2.36. The molecule has 2 N–H and O–H groups in total. The van der Waals surface area contributed by atoms with Crippen molar-refractivity contribution in [3.63, 3.8) is 0 Å². The van der Waals surface area contributed by atoms with Crippen molar-refractivity contribution < 1.29 is 14.4 Å². The standard InChI is InChI=1S/C8H16N2O3/c1-8(2,3)13-7(11)10-4-6(9)5-12-10/h6H,4-5,9H2,1-3H3/t6-/m0/s1. The monoisotopic (exact) mass is 188 g/mol. The van der Waals surface area contributed by atoms with Crippen LogP contribution >= 0.6 is 0 Å². The summed E-state index contributed by atoms with van der Waals surface area (Å²) in [6.07, 6.45) is -0.472. The first-order valence-electron chi connectivity index (χ1n) is 4.27. The van der Waals surface area contributed by atoms with E-state index in [2.05, 4.69) is 0 Å². The van der Waals surface area contributed by atoms with E-state index in [1.807, 2.05) is 0 Å². The summed E-state index contributed by atoms with van der Waals surface area (Å²) in [6.45, 7) is 6.19. The number of rotatable bonds is 0. The Morgan fingerprint density at radius 2 is 2.23 bits per heavy atom. The highest BCUT2D eigenvalue weighted by molar-refractivity contribution is 5.67. The van der Waals surface area contributed by atoms with Crippen LogP contribution in [0, 0.1) is 0 Å². The third-order valence-corrected chi connectivity index (χ3v) is 1.44. The van der Waals surface area contributed by atoms with Gasteiger partial charge in [-0.1, -0.05) is 0 Å². The molecule has 1 rings (SSSR count). The molecule has 0 saturated carbocycles. The predicted octanol–water partition coefficient (Wildman–Crippen LogP) is 0.496. The molecule has 0 radical (unpaired) electrons. The summed E-state index contributed by atoms with van der Waals surface area (Å²) in [7, 11) is 0. The van der Waals surface area contributed by atoms with Crippen molar-refractivity contribution in [3.8, 4) is 0 Å². The van der Waals surface area contributed by atoms with E-state index < -0.39 is 11.7 Å². The van der Waals surface area contributed by atoms with Crippen LogP contribution in [0.25, 0.3) is 0 Å². The van der Waals surface area contributed by atoms with Gasteiger partial charge in [-0.3, -0.25) is 4.84 Å². The second-order valence-electron chi connectivity index (χ2n) is 4.10. The number of ether oxygens (including phenoxy) is 1. The van der Waals surface area contributed by atoms with Gasteiger partial charge in [0.15, 0.2) is 0 Å². The van der Waals surface area contributed by atoms with Crippen LogP contribution in [0.4, 0.5) is 4.79 Å². The molecule has 1 atom stereocenters. The zero-order valence-corrected chi connectivity index (χ0v) is 8.24. The number of amides is 1. The molecule has 0 aromatic carbocycles. The molecule has 0 unspecified atom stereocenters.